The summed E-state index contributed by atoms with van der Waals surface area (Å²) in [5, 5.41) is 0. The van der Waals surface area contributed by atoms with Gasteiger partial charge in [-0.25, -0.2) is 0 Å². The summed E-state index contributed by atoms with van der Waals surface area (Å²) < 4.78 is 5.42. The van der Waals surface area contributed by atoms with Crippen molar-refractivity contribution in [2.75, 3.05) is 0 Å². The van der Waals surface area contributed by atoms with Crippen LogP contribution in [0.25, 0.3) is 0 Å². The molecular weight excluding hydrogens is 264 g/mol. The lowest BCUT2D eigenvalue weighted by Crippen LogP contribution is -2.28. The summed E-state index contributed by atoms with van der Waals surface area (Å²) in [6.07, 6.45) is 16.2. The van der Waals surface area contributed by atoms with Crippen LogP contribution in [0.1, 0.15) is 71.1 Å². The Bertz CT molecular complexity index is 267. The summed E-state index contributed by atoms with van der Waals surface area (Å²) in [6.45, 7) is 8.39. The van der Waals surface area contributed by atoms with Gasteiger partial charge in [0, 0.05) is 6.42 Å². The summed E-state index contributed by atoms with van der Waals surface area (Å²) >= 11 is 0. The second kappa shape index (κ2) is 12.2. The summed E-state index contributed by atoms with van der Waals surface area (Å²) in [4.78, 5) is 11.5. The lowest BCUT2D eigenvalue weighted by molar-refractivity contribution is -0.135. The Balaban J connectivity index is 3.28. The number of carbonyl (C=O) groups is 1. The molecule has 0 aromatic carbocycles. The van der Waals surface area contributed by atoms with Gasteiger partial charge in [-0.2, -0.15) is 0 Å². The zero-order valence-electron chi connectivity index (χ0n) is 14.0. The Hall–Kier alpha value is -0.573. The van der Waals surface area contributed by atoms with Crippen molar-refractivity contribution in [1.82, 2.24) is 0 Å². The average Bonchev–Trinajstić information content (AvgIpc) is 2.34. The van der Waals surface area contributed by atoms with Gasteiger partial charge in [-0.3, -0.25) is 4.79 Å². The van der Waals surface area contributed by atoms with Crippen molar-refractivity contribution in [2.24, 2.45) is 0 Å². The maximum absolute atomic E-state index is 11.5. The molecule has 0 aliphatic carbocycles. The SMILES string of the molecule is CCCC/C=C/CCCCCCCC(=O)O[Si](C)(C)C. The molecule has 0 aliphatic rings. The van der Waals surface area contributed by atoms with Crippen LogP contribution < -0.4 is 0 Å². The average molecular weight is 299 g/mol. The van der Waals surface area contributed by atoms with Crippen LogP contribution in [0, 0.1) is 0 Å². The second-order valence-corrected chi connectivity index (χ2v) is 10.9. The second-order valence-electron chi connectivity index (χ2n) is 6.51. The minimum Gasteiger partial charge on any atom is -0.520 e. The molecule has 0 aromatic rings. The van der Waals surface area contributed by atoms with Gasteiger partial charge < -0.3 is 4.43 Å². The molecular formula is C17H34O2Si. The minimum atomic E-state index is -1.68. The fourth-order valence-electron chi connectivity index (χ4n) is 2.01. The Morgan fingerprint density at radius 2 is 1.45 bits per heavy atom. The van der Waals surface area contributed by atoms with Crippen molar-refractivity contribution in [3.05, 3.63) is 12.2 Å². The van der Waals surface area contributed by atoms with Crippen LogP contribution in [0.4, 0.5) is 0 Å². The smallest absolute Gasteiger partial charge is 0.292 e. The fraction of sp³-hybridized carbons (Fsp3) is 0.824. The molecule has 0 saturated carbocycles. The molecule has 118 valence electrons. The van der Waals surface area contributed by atoms with Crippen LogP contribution in [-0.2, 0) is 9.22 Å². The van der Waals surface area contributed by atoms with Crippen molar-refractivity contribution in [3.63, 3.8) is 0 Å². The molecule has 3 heteroatoms. The number of hydrogen-bond acceptors (Lipinski definition) is 2. The third-order valence-electron chi connectivity index (χ3n) is 3.06. The van der Waals surface area contributed by atoms with E-state index in [2.05, 4.69) is 38.7 Å². The molecule has 0 amide bonds. The van der Waals surface area contributed by atoms with Crippen molar-refractivity contribution in [2.45, 2.75) is 90.8 Å². The Kier molecular flexibility index (Phi) is 11.8. The normalized spacial score (nSPS) is 12.0. The summed E-state index contributed by atoms with van der Waals surface area (Å²) in [5.74, 6) is 0.00280. The highest BCUT2D eigenvalue weighted by Gasteiger charge is 2.19. The zero-order chi connectivity index (χ0) is 15.3. The molecule has 0 fully saturated rings. The summed E-state index contributed by atoms with van der Waals surface area (Å²) in [5.41, 5.74) is 0. The van der Waals surface area contributed by atoms with E-state index in [-0.39, 0.29) is 5.97 Å². The Morgan fingerprint density at radius 1 is 0.900 bits per heavy atom. The van der Waals surface area contributed by atoms with Gasteiger partial charge in [-0.05, 0) is 45.3 Å². The largest absolute Gasteiger partial charge is 0.520 e. The molecule has 0 aliphatic heterocycles. The molecule has 0 saturated heterocycles. The molecule has 0 heterocycles. The van der Waals surface area contributed by atoms with Crippen molar-refractivity contribution < 1.29 is 9.22 Å². The standard InChI is InChI=1S/C17H34O2Si/c1-5-6-7-8-9-10-11-12-13-14-15-16-17(18)19-20(2,3)4/h8-9H,5-7,10-16H2,1-4H3/b9-8+. The van der Waals surface area contributed by atoms with Crippen LogP contribution in [0.5, 0.6) is 0 Å². The van der Waals surface area contributed by atoms with Crippen LogP contribution in [0.15, 0.2) is 12.2 Å². The highest BCUT2D eigenvalue weighted by atomic mass is 28.4. The van der Waals surface area contributed by atoms with E-state index in [1.807, 2.05) is 0 Å². The van der Waals surface area contributed by atoms with Gasteiger partial charge in [0.15, 0.2) is 0 Å². The summed E-state index contributed by atoms with van der Waals surface area (Å²) in [6, 6.07) is 0. The summed E-state index contributed by atoms with van der Waals surface area (Å²) in [7, 11) is -1.68. The molecule has 0 spiro atoms. The molecule has 0 aromatic heterocycles. The number of carbonyl (C=O) groups excluding carboxylic acids is 1. The molecule has 0 bridgehead atoms. The predicted molar refractivity (Wildman–Crippen MR) is 90.4 cm³/mol. The lowest BCUT2D eigenvalue weighted by atomic mass is 10.1. The van der Waals surface area contributed by atoms with Crippen LogP contribution in [0.3, 0.4) is 0 Å². The van der Waals surface area contributed by atoms with Crippen molar-refractivity contribution >= 4 is 14.3 Å². The molecule has 20 heavy (non-hydrogen) atoms. The quantitative estimate of drug-likeness (QED) is 0.257. The van der Waals surface area contributed by atoms with E-state index in [0.29, 0.717) is 6.42 Å². The highest BCUT2D eigenvalue weighted by Crippen LogP contribution is 2.10. The van der Waals surface area contributed by atoms with Gasteiger partial charge in [-0.1, -0.05) is 51.2 Å². The minimum absolute atomic E-state index is 0.00280. The first kappa shape index (κ1) is 19.4. The van der Waals surface area contributed by atoms with E-state index >= 15 is 0 Å². The molecule has 0 atom stereocenters. The lowest BCUT2D eigenvalue weighted by Gasteiger charge is -2.17. The van der Waals surface area contributed by atoms with Crippen LogP contribution >= 0.6 is 0 Å². The van der Waals surface area contributed by atoms with Gasteiger partial charge in [0.25, 0.3) is 5.97 Å². The first-order valence-electron chi connectivity index (χ1n) is 8.32. The van der Waals surface area contributed by atoms with Gasteiger partial charge in [-0.15, -0.1) is 0 Å². The Labute approximate surface area is 127 Å². The first-order chi connectivity index (χ1) is 9.45. The number of rotatable bonds is 12. The number of unbranched alkanes of at least 4 members (excludes halogenated alkanes) is 7. The van der Waals surface area contributed by atoms with Gasteiger partial charge in [0.2, 0.25) is 8.32 Å². The van der Waals surface area contributed by atoms with E-state index < -0.39 is 8.32 Å². The third-order valence-corrected chi connectivity index (χ3v) is 3.90. The maximum Gasteiger partial charge on any atom is 0.292 e. The van der Waals surface area contributed by atoms with E-state index in [4.69, 9.17) is 4.43 Å². The molecule has 0 unspecified atom stereocenters. The van der Waals surface area contributed by atoms with Crippen molar-refractivity contribution in [3.8, 4) is 0 Å². The topological polar surface area (TPSA) is 26.3 Å². The van der Waals surface area contributed by atoms with Gasteiger partial charge >= 0.3 is 0 Å². The zero-order valence-corrected chi connectivity index (χ0v) is 15.0. The first-order valence-corrected chi connectivity index (χ1v) is 11.7. The molecule has 2 nitrogen and oxygen atoms in total. The monoisotopic (exact) mass is 298 g/mol. The number of hydrogen-bond donors (Lipinski definition) is 0. The molecule has 0 radical (unpaired) electrons. The van der Waals surface area contributed by atoms with Crippen LogP contribution in [0.2, 0.25) is 19.6 Å². The Morgan fingerprint density at radius 3 is 2.05 bits per heavy atom. The van der Waals surface area contributed by atoms with E-state index in [9.17, 15) is 4.79 Å². The van der Waals surface area contributed by atoms with E-state index in [1.165, 1.54) is 44.9 Å². The highest BCUT2D eigenvalue weighted by molar-refractivity contribution is 6.71. The fourth-order valence-corrected chi connectivity index (χ4v) is 2.80. The van der Waals surface area contributed by atoms with Gasteiger partial charge in [0.1, 0.15) is 0 Å². The molecule has 0 rings (SSSR count). The van der Waals surface area contributed by atoms with E-state index in [0.717, 1.165) is 12.8 Å². The van der Waals surface area contributed by atoms with Crippen LogP contribution in [-0.4, -0.2) is 14.3 Å². The van der Waals surface area contributed by atoms with Gasteiger partial charge in [0.05, 0.1) is 0 Å². The maximum atomic E-state index is 11.5. The number of allylic oxidation sites excluding steroid dienone is 2. The van der Waals surface area contributed by atoms with E-state index in [1.54, 1.807) is 0 Å². The molecule has 0 N–H and O–H groups in total. The van der Waals surface area contributed by atoms with Crippen molar-refractivity contribution in [1.29, 1.82) is 0 Å². The third kappa shape index (κ3) is 15.5. The predicted octanol–water partition coefficient (Wildman–Crippen LogP) is 5.84.